The lowest BCUT2D eigenvalue weighted by Crippen LogP contribution is -2.54. The van der Waals surface area contributed by atoms with E-state index in [0.717, 1.165) is 38.3 Å². The lowest BCUT2D eigenvalue weighted by atomic mass is 9.85. The van der Waals surface area contributed by atoms with Gasteiger partial charge in [0.1, 0.15) is 5.76 Å². The summed E-state index contributed by atoms with van der Waals surface area (Å²) in [5, 5.41) is 7.12. The van der Waals surface area contributed by atoms with Crippen LogP contribution in [0.4, 0.5) is 13.2 Å². The number of ether oxygens (including phenoxy) is 1. The van der Waals surface area contributed by atoms with Gasteiger partial charge in [-0.1, -0.05) is 0 Å². The van der Waals surface area contributed by atoms with Gasteiger partial charge in [-0.3, -0.25) is 9.69 Å². The van der Waals surface area contributed by atoms with Gasteiger partial charge in [-0.2, -0.15) is 13.2 Å². The standard InChI is InChI=1S/C17H26N2O3.C2HF3O2/c1-18-14(13-21-2)5-6-17(18)7-9-19(10-8-17)16(20)12-15-4-3-11-22-15;3-2(4,5)1(6)7/h3-4,11,14H,5-10,12-13H2,1-2H3;(H,6,7). The number of carbonyl (C=O) groups excluding carboxylic acids is 1. The summed E-state index contributed by atoms with van der Waals surface area (Å²) >= 11 is 0. The fourth-order valence-corrected chi connectivity index (χ4v) is 4.03. The van der Waals surface area contributed by atoms with Crippen molar-refractivity contribution in [3.05, 3.63) is 24.2 Å². The summed E-state index contributed by atoms with van der Waals surface area (Å²) in [5.74, 6) is -1.82. The summed E-state index contributed by atoms with van der Waals surface area (Å²) in [6.45, 7) is 2.51. The van der Waals surface area contributed by atoms with Crippen LogP contribution in [0.1, 0.15) is 31.4 Å². The van der Waals surface area contributed by atoms with Crippen molar-refractivity contribution in [2.45, 2.75) is 49.9 Å². The Bertz CT molecular complexity index is 670. The van der Waals surface area contributed by atoms with Crippen LogP contribution in [0.15, 0.2) is 22.8 Å². The van der Waals surface area contributed by atoms with Crippen LogP contribution in [0, 0.1) is 0 Å². The molecule has 1 spiro atoms. The number of aliphatic carboxylic acids is 1. The molecular weight excluding hydrogens is 393 g/mol. The molecule has 1 atom stereocenters. The highest BCUT2D eigenvalue weighted by Crippen LogP contribution is 2.40. The number of hydrogen-bond donors (Lipinski definition) is 1. The molecule has 0 saturated carbocycles. The van der Waals surface area contributed by atoms with Crippen molar-refractivity contribution in [3.8, 4) is 0 Å². The summed E-state index contributed by atoms with van der Waals surface area (Å²) in [7, 11) is 3.99. The second kappa shape index (κ2) is 9.62. The van der Waals surface area contributed by atoms with E-state index >= 15 is 0 Å². The van der Waals surface area contributed by atoms with Gasteiger partial charge in [-0.15, -0.1) is 0 Å². The van der Waals surface area contributed by atoms with Crippen LogP contribution in [0.5, 0.6) is 0 Å². The van der Waals surface area contributed by atoms with Crippen molar-refractivity contribution >= 4 is 11.9 Å². The Morgan fingerprint density at radius 1 is 1.31 bits per heavy atom. The predicted octanol–water partition coefficient (Wildman–Crippen LogP) is 2.56. The molecule has 0 aromatic carbocycles. The van der Waals surface area contributed by atoms with Crippen molar-refractivity contribution in [3.63, 3.8) is 0 Å². The molecule has 2 aliphatic rings. The van der Waals surface area contributed by atoms with Gasteiger partial charge < -0.3 is 19.2 Å². The molecular formula is C19H27F3N2O5. The molecule has 3 rings (SSSR count). The highest BCUT2D eigenvalue weighted by molar-refractivity contribution is 5.78. The summed E-state index contributed by atoms with van der Waals surface area (Å²) in [6.07, 6.45) is 1.46. The number of nitrogens with zero attached hydrogens (tertiary/aromatic N) is 2. The van der Waals surface area contributed by atoms with E-state index in [1.165, 1.54) is 12.8 Å². The number of rotatable bonds is 4. The molecule has 2 fully saturated rings. The molecule has 29 heavy (non-hydrogen) atoms. The van der Waals surface area contributed by atoms with Gasteiger partial charge in [0.2, 0.25) is 5.91 Å². The van der Waals surface area contributed by atoms with E-state index in [2.05, 4.69) is 11.9 Å². The van der Waals surface area contributed by atoms with Crippen LogP contribution < -0.4 is 0 Å². The fourth-order valence-electron chi connectivity index (χ4n) is 4.03. The predicted molar refractivity (Wildman–Crippen MR) is 97.3 cm³/mol. The molecule has 1 aromatic rings. The van der Waals surface area contributed by atoms with Crippen molar-refractivity contribution < 1.29 is 37.0 Å². The highest BCUT2D eigenvalue weighted by atomic mass is 19.4. The van der Waals surface area contributed by atoms with E-state index in [4.69, 9.17) is 19.1 Å². The van der Waals surface area contributed by atoms with Crippen LogP contribution in [0.3, 0.4) is 0 Å². The lowest BCUT2D eigenvalue weighted by molar-refractivity contribution is -0.192. The smallest absolute Gasteiger partial charge is 0.475 e. The maximum absolute atomic E-state index is 12.3. The van der Waals surface area contributed by atoms with Crippen molar-refractivity contribution in [2.24, 2.45) is 0 Å². The number of carbonyl (C=O) groups is 2. The Kier molecular flexibility index (Phi) is 7.70. The Labute approximate surface area is 167 Å². The number of likely N-dealkylation sites (tertiary alicyclic amines) is 2. The lowest BCUT2D eigenvalue weighted by Gasteiger charge is -2.45. The normalized spacial score (nSPS) is 21.7. The summed E-state index contributed by atoms with van der Waals surface area (Å²) in [6, 6.07) is 4.22. The molecule has 7 nitrogen and oxygen atoms in total. The maximum atomic E-state index is 12.3. The molecule has 3 heterocycles. The quantitative estimate of drug-likeness (QED) is 0.806. The zero-order valence-electron chi connectivity index (χ0n) is 16.6. The molecule has 0 radical (unpaired) electrons. The molecule has 0 aliphatic carbocycles. The minimum atomic E-state index is -5.08. The topological polar surface area (TPSA) is 83.2 Å². The first kappa shape index (κ1) is 23.2. The zero-order chi connectivity index (χ0) is 21.7. The van der Waals surface area contributed by atoms with Crippen molar-refractivity contribution in [2.75, 3.05) is 33.9 Å². The Hall–Kier alpha value is -2.07. The van der Waals surface area contributed by atoms with Crippen LogP contribution >= 0.6 is 0 Å². The monoisotopic (exact) mass is 420 g/mol. The van der Waals surface area contributed by atoms with E-state index in [9.17, 15) is 18.0 Å². The third-order valence-corrected chi connectivity index (χ3v) is 5.79. The summed E-state index contributed by atoms with van der Waals surface area (Å²) in [5.41, 5.74) is 0.269. The molecule has 164 valence electrons. The third kappa shape index (κ3) is 5.96. The van der Waals surface area contributed by atoms with Crippen molar-refractivity contribution in [1.82, 2.24) is 9.80 Å². The van der Waals surface area contributed by atoms with Gasteiger partial charge >= 0.3 is 12.1 Å². The molecule has 2 saturated heterocycles. The second-order valence-corrected chi connectivity index (χ2v) is 7.42. The number of carboxylic acids is 1. The Balaban J connectivity index is 0.000000370. The first-order chi connectivity index (χ1) is 13.6. The van der Waals surface area contributed by atoms with Crippen LogP contribution in [0.2, 0.25) is 0 Å². The van der Waals surface area contributed by atoms with Crippen LogP contribution in [-0.2, 0) is 20.7 Å². The number of hydrogen-bond acceptors (Lipinski definition) is 5. The SMILES string of the molecule is COCC1CCC2(CCN(C(=O)Cc3ccco3)CC2)N1C.O=C(O)C(F)(F)F. The number of carboxylic acid groups (broad SMARTS) is 1. The molecule has 1 unspecified atom stereocenters. The summed E-state index contributed by atoms with van der Waals surface area (Å²) < 4.78 is 42.3. The van der Waals surface area contributed by atoms with Crippen LogP contribution in [-0.4, -0.2) is 78.4 Å². The minimum Gasteiger partial charge on any atom is -0.475 e. The van der Waals surface area contributed by atoms with E-state index in [1.54, 1.807) is 13.4 Å². The number of likely N-dealkylation sites (N-methyl/N-ethyl adjacent to an activating group) is 1. The third-order valence-electron chi connectivity index (χ3n) is 5.79. The number of amides is 1. The van der Waals surface area contributed by atoms with Crippen molar-refractivity contribution in [1.29, 1.82) is 0 Å². The maximum Gasteiger partial charge on any atom is 0.490 e. The van der Waals surface area contributed by atoms with Gasteiger partial charge in [0.05, 0.1) is 19.3 Å². The van der Waals surface area contributed by atoms with E-state index in [1.807, 2.05) is 17.0 Å². The molecule has 1 aromatic heterocycles. The molecule has 2 aliphatic heterocycles. The number of methoxy groups -OCH3 is 1. The first-order valence-corrected chi connectivity index (χ1v) is 9.41. The highest BCUT2D eigenvalue weighted by Gasteiger charge is 2.46. The van der Waals surface area contributed by atoms with E-state index < -0.39 is 12.1 Å². The average molecular weight is 420 g/mol. The molecule has 0 bridgehead atoms. The fraction of sp³-hybridized carbons (Fsp3) is 0.684. The summed E-state index contributed by atoms with van der Waals surface area (Å²) in [4.78, 5) is 25.7. The van der Waals surface area contributed by atoms with Gasteiger partial charge in [-0.25, -0.2) is 4.79 Å². The zero-order valence-corrected chi connectivity index (χ0v) is 16.6. The molecule has 1 amide bonds. The largest absolute Gasteiger partial charge is 0.490 e. The molecule has 10 heteroatoms. The second-order valence-electron chi connectivity index (χ2n) is 7.42. The van der Waals surface area contributed by atoms with Gasteiger partial charge in [0.25, 0.3) is 0 Å². The Morgan fingerprint density at radius 3 is 2.41 bits per heavy atom. The van der Waals surface area contributed by atoms with Gasteiger partial charge in [0.15, 0.2) is 0 Å². The number of alkyl halides is 3. The van der Waals surface area contributed by atoms with Crippen LogP contribution in [0.25, 0.3) is 0 Å². The Morgan fingerprint density at radius 2 is 1.93 bits per heavy atom. The van der Waals surface area contributed by atoms with Gasteiger partial charge in [0, 0.05) is 31.8 Å². The number of halogens is 3. The number of furan rings is 1. The first-order valence-electron chi connectivity index (χ1n) is 9.41. The minimum absolute atomic E-state index is 0.180. The van der Waals surface area contributed by atoms with Gasteiger partial charge in [-0.05, 0) is 44.9 Å². The number of piperidine rings is 1. The van der Waals surface area contributed by atoms with E-state index in [0.29, 0.717) is 12.5 Å². The molecule has 1 N–H and O–H groups in total. The van der Waals surface area contributed by atoms with E-state index in [-0.39, 0.29) is 11.4 Å². The average Bonchev–Trinajstić information content (AvgIpc) is 3.27.